The minimum Gasteiger partial charge on any atom is -0.396 e. The fraction of sp³-hybridized carbons (Fsp3) is 0.579. The van der Waals surface area contributed by atoms with E-state index in [1.54, 1.807) is 18.2 Å². The van der Waals surface area contributed by atoms with Crippen LogP contribution in [0, 0.1) is 23.7 Å². The maximum absolute atomic E-state index is 12.6. The van der Waals surface area contributed by atoms with Crippen LogP contribution >= 0.6 is 0 Å². The van der Waals surface area contributed by atoms with Crippen molar-refractivity contribution in [2.45, 2.75) is 38.1 Å². The van der Waals surface area contributed by atoms with Gasteiger partial charge in [-0.15, -0.1) is 0 Å². The van der Waals surface area contributed by atoms with E-state index in [-0.39, 0.29) is 36.3 Å². The van der Waals surface area contributed by atoms with Gasteiger partial charge in [-0.2, -0.15) is 0 Å². The van der Waals surface area contributed by atoms with Crippen molar-refractivity contribution in [2.75, 3.05) is 11.9 Å². The van der Waals surface area contributed by atoms with E-state index < -0.39 is 0 Å². The van der Waals surface area contributed by atoms with Gasteiger partial charge in [0.1, 0.15) is 0 Å². The molecule has 4 rings (SSSR count). The SMILES string of the molecule is O=C(NC1C2CCC(C2)C1CO)c1cccc(NC(=O)C2CC2)c1. The van der Waals surface area contributed by atoms with E-state index >= 15 is 0 Å². The molecule has 0 aliphatic heterocycles. The van der Waals surface area contributed by atoms with Crippen LogP contribution in [-0.4, -0.2) is 29.6 Å². The Morgan fingerprint density at radius 3 is 2.67 bits per heavy atom. The van der Waals surface area contributed by atoms with Gasteiger partial charge in [0.05, 0.1) is 0 Å². The van der Waals surface area contributed by atoms with Crippen molar-refractivity contribution < 1.29 is 14.7 Å². The van der Waals surface area contributed by atoms with E-state index in [1.807, 2.05) is 6.07 Å². The molecule has 5 nitrogen and oxygen atoms in total. The molecule has 5 heteroatoms. The number of carbonyl (C=O) groups excluding carboxylic acids is 2. The Hall–Kier alpha value is -1.88. The summed E-state index contributed by atoms with van der Waals surface area (Å²) in [7, 11) is 0. The second-order valence-corrected chi connectivity index (χ2v) is 7.52. The maximum Gasteiger partial charge on any atom is 0.251 e. The van der Waals surface area contributed by atoms with Gasteiger partial charge in [-0.3, -0.25) is 9.59 Å². The van der Waals surface area contributed by atoms with Crippen molar-refractivity contribution in [2.24, 2.45) is 23.7 Å². The van der Waals surface area contributed by atoms with Gasteiger partial charge in [-0.05, 0) is 62.1 Å². The molecule has 2 bridgehead atoms. The molecular weight excluding hydrogens is 304 g/mol. The fourth-order valence-electron chi connectivity index (χ4n) is 4.46. The predicted octanol–water partition coefficient (Wildman–Crippen LogP) is 2.17. The molecule has 3 aliphatic rings. The third-order valence-electron chi connectivity index (χ3n) is 5.94. The zero-order valence-corrected chi connectivity index (χ0v) is 13.7. The van der Waals surface area contributed by atoms with Gasteiger partial charge >= 0.3 is 0 Å². The topological polar surface area (TPSA) is 78.4 Å². The first-order chi connectivity index (χ1) is 11.7. The number of hydrogen-bond acceptors (Lipinski definition) is 3. The standard InChI is InChI=1S/C19H24N2O3/c22-10-16-12-6-7-13(8-12)17(16)21-19(24)14-2-1-3-15(9-14)20-18(23)11-4-5-11/h1-3,9,11-13,16-17,22H,4-8,10H2,(H,20,23)(H,21,24). The lowest BCUT2D eigenvalue weighted by Crippen LogP contribution is -2.45. The summed E-state index contributed by atoms with van der Waals surface area (Å²) in [4.78, 5) is 24.5. The molecule has 24 heavy (non-hydrogen) atoms. The minimum atomic E-state index is -0.117. The summed E-state index contributed by atoms with van der Waals surface area (Å²) in [5, 5.41) is 15.7. The molecule has 4 atom stereocenters. The molecule has 4 unspecified atom stereocenters. The van der Waals surface area contributed by atoms with E-state index in [1.165, 1.54) is 6.42 Å². The van der Waals surface area contributed by atoms with Crippen molar-refractivity contribution in [3.63, 3.8) is 0 Å². The van der Waals surface area contributed by atoms with Gasteiger partial charge in [0.15, 0.2) is 0 Å². The smallest absolute Gasteiger partial charge is 0.251 e. The summed E-state index contributed by atoms with van der Waals surface area (Å²) < 4.78 is 0. The Morgan fingerprint density at radius 1 is 1.12 bits per heavy atom. The molecule has 0 heterocycles. The van der Waals surface area contributed by atoms with Crippen molar-refractivity contribution >= 4 is 17.5 Å². The molecular formula is C19H24N2O3. The van der Waals surface area contributed by atoms with Crippen LogP contribution < -0.4 is 10.6 Å². The van der Waals surface area contributed by atoms with Gasteiger partial charge in [0.25, 0.3) is 5.91 Å². The Kier molecular flexibility index (Phi) is 4.04. The second-order valence-electron chi connectivity index (χ2n) is 7.52. The summed E-state index contributed by atoms with van der Waals surface area (Å²) in [5.41, 5.74) is 1.23. The van der Waals surface area contributed by atoms with Crippen LogP contribution in [0.1, 0.15) is 42.5 Å². The molecule has 0 saturated heterocycles. The highest BCUT2D eigenvalue weighted by Gasteiger charge is 2.47. The number of fused-ring (bicyclic) bond motifs is 2. The average molecular weight is 328 g/mol. The normalized spacial score (nSPS) is 31.0. The largest absolute Gasteiger partial charge is 0.396 e. The van der Waals surface area contributed by atoms with Gasteiger partial charge in [0.2, 0.25) is 5.91 Å². The number of benzene rings is 1. The Labute approximate surface area is 141 Å². The molecule has 128 valence electrons. The number of rotatable bonds is 5. The number of aliphatic hydroxyl groups excluding tert-OH is 1. The van der Waals surface area contributed by atoms with Crippen LogP contribution in [0.25, 0.3) is 0 Å². The first kappa shape index (κ1) is 15.6. The van der Waals surface area contributed by atoms with Crippen molar-refractivity contribution in [1.82, 2.24) is 5.32 Å². The minimum absolute atomic E-state index is 0.0426. The van der Waals surface area contributed by atoms with Crippen LogP contribution in [0.5, 0.6) is 0 Å². The Morgan fingerprint density at radius 2 is 1.92 bits per heavy atom. The van der Waals surface area contributed by atoms with Crippen LogP contribution in [-0.2, 0) is 4.79 Å². The second kappa shape index (κ2) is 6.20. The highest BCUT2D eigenvalue weighted by Crippen LogP contribution is 2.48. The highest BCUT2D eigenvalue weighted by atomic mass is 16.3. The predicted molar refractivity (Wildman–Crippen MR) is 90.5 cm³/mol. The number of anilines is 1. The van der Waals surface area contributed by atoms with Crippen LogP contribution in [0.4, 0.5) is 5.69 Å². The number of aliphatic hydroxyl groups is 1. The summed E-state index contributed by atoms with van der Waals surface area (Å²) in [6, 6.07) is 7.18. The van der Waals surface area contributed by atoms with Gasteiger partial charge in [-0.1, -0.05) is 6.07 Å². The first-order valence-electron chi connectivity index (χ1n) is 8.98. The molecule has 3 saturated carbocycles. The molecule has 0 aromatic heterocycles. The lowest BCUT2D eigenvalue weighted by Gasteiger charge is -2.30. The number of nitrogens with one attached hydrogen (secondary N) is 2. The number of amides is 2. The Bertz CT molecular complexity index is 656. The van der Waals surface area contributed by atoms with Crippen molar-refractivity contribution in [3.8, 4) is 0 Å². The zero-order chi connectivity index (χ0) is 16.7. The van der Waals surface area contributed by atoms with Gasteiger partial charge < -0.3 is 15.7 Å². The Balaban J connectivity index is 1.43. The zero-order valence-electron chi connectivity index (χ0n) is 13.7. The summed E-state index contributed by atoms with van der Waals surface area (Å²) in [6.07, 6.45) is 5.35. The van der Waals surface area contributed by atoms with Gasteiger partial charge in [-0.25, -0.2) is 0 Å². The first-order valence-corrected chi connectivity index (χ1v) is 8.98. The van der Waals surface area contributed by atoms with E-state index in [0.717, 1.165) is 25.7 Å². The molecule has 1 aromatic carbocycles. The van der Waals surface area contributed by atoms with Gasteiger partial charge in [0, 0.05) is 35.7 Å². The monoisotopic (exact) mass is 328 g/mol. The summed E-state index contributed by atoms with van der Waals surface area (Å²) in [6.45, 7) is 0.142. The summed E-state index contributed by atoms with van der Waals surface area (Å²) in [5.74, 6) is 1.30. The quantitative estimate of drug-likeness (QED) is 0.775. The molecule has 2 amide bonds. The maximum atomic E-state index is 12.6. The summed E-state index contributed by atoms with van der Waals surface area (Å²) >= 11 is 0. The van der Waals surface area contributed by atoms with E-state index in [9.17, 15) is 14.7 Å². The van der Waals surface area contributed by atoms with Crippen molar-refractivity contribution in [3.05, 3.63) is 29.8 Å². The van der Waals surface area contributed by atoms with Crippen LogP contribution in [0.15, 0.2) is 24.3 Å². The van der Waals surface area contributed by atoms with Crippen LogP contribution in [0.2, 0.25) is 0 Å². The third-order valence-corrected chi connectivity index (χ3v) is 5.94. The number of carbonyl (C=O) groups is 2. The average Bonchev–Trinajstić information content (AvgIpc) is 3.26. The lowest BCUT2D eigenvalue weighted by molar-refractivity contribution is -0.117. The molecule has 3 N–H and O–H groups in total. The highest BCUT2D eigenvalue weighted by molar-refractivity contribution is 5.98. The van der Waals surface area contributed by atoms with E-state index in [0.29, 0.717) is 23.1 Å². The molecule has 3 fully saturated rings. The van der Waals surface area contributed by atoms with Crippen molar-refractivity contribution in [1.29, 1.82) is 0 Å². The molecule has 0 spiro atoms. The van der Waals surface area contributed by atoms with E-state index in [2.05, 4.69) is 10.6 Å². The molecule has 0 radical (unpaired) electrons. The number of hydrogen-bond donors (Lipinski definition) is 3. The van der Waals surface area contributed by atoms with Crippen LogP contribution in [0.3, 0.4) is 0 Å². The molecule has 1 aromatic rings. The fourth-order valence-corrected chi connectivity index (χ4v) is 4.46. The lowest BCUT2D eigenvalue weighted by atomic mass is 9.85. The van der Waals surface area contributed by atoms with E-state index in [4.69, 9.17) is 0 Å². The third kappa shape index (κ3) is 2.93. The molecule has 3 aliphatic carbocycles.